The number of ether oxygens (including phenoxy) is 2. The molecule has 8 nitrogen and oxygen atoms in total. The van der Waals surface area contributed by atoms with Gasteiger partial charge < -0.3 is 15.2 Å². The molecule has 3 aromatic rings. The summed E-state index contributed by atoms with van der Waals surface area (Å²) in [5, 5.41) is 0.439. The number of fused-ring (bicyclic) bond motifs is 1. The van der Waals surface area contributed by atoms with Crippen molar-refractivity contribution in [3.05, 3.63) is 56.4 Å². The highest BCUT2D eigenvalue weighted by molar-refractivity contribution is 7.20. The van der Waals surface area contributed by atoms with Crippen LogP contribution in [0.1, 0.15) is 37.8 Å². The normalized spacial score (nSPS) is 10.9. The molecule has 29 heavy (non-hydrogen) atoms. The molecule has 0 aliphatic heterocycles. The molecule has 152 valence electrons. The first-order valence-electron chi connectivity index (χ1n) is 8.95. The first-order chi connectivity index (χ1) is 13.8. The molecule has 0 fully saturated rings. The van der Waals surface area contributed by atoms with Crippen LogP contribution >= 0.6 is 11.3 Å². The highest BCUT2D eigenvalue weighted by Gasteiger charge is 2.19. The molecule has 0 bridgehead atoms. The molecule has 3 rings (SSSR count). The van der Waals surface area contributed by atoms with Crippen molar-refractivity contribution in [3.8, 4) is 5.75 Å². The predicted octanol–water partition coefficient (Wildman–Crippen LogP) is 2.43. The summed E-state index contributed by atoms with van der Waals surface area (Å²) in [4.78, 5) is 41.2. The molecular formula is C20H21N3O5S. The number of nitrogens with zero attached hydrogens (tertiary/aromatic N) is 2. The number of thiophene rings is 1. The van der Waals surface area contributed by atoms with Gasteiger partial charge in [-0.05, 0) is 50.1 Å². The number of hydrogen-bond acceptors (Lipinski definition) is 7. The molecule has 0 saturated carbocycles. The monoisotopic (exact) mass is 415 g/mol. The molecule has 2 aromatic heterocycles. The van der Waals surface area contributed by atoms with E-state index < -0.39 is 11.9 Å². The maximum atomic E-state index is 12.9. The SMILES string of the molecule is COC(=O)c1ccc(OCCCn2c(C)nc3sc(C(N)=O)c(C)c3c2=O)cc1. The van der Waals surface area contributed by atoms with Crippen LogP contribution in [0.2, 0.25) is 0 Å². The van der Waals surface area contributed by atoms with Gasteiger partial charge in [0.05, 0.1) is 29.5 Å². The predicted molar refractivity (Wildman–Crippen MR) is 110 cm³/mol. The average Bonchev–Trinajstić information content (AvgIpc) is 3.03. The molecule has 2 heterocycles. The lowest BCUT2D eigenvalue weighted by Gasteiger charge is -2.11. The van der Waals surface area contributed by atoms with E-state index in [1.165, 1.54) is 7.11 Å². The number of amides is 1. The molecule has 0 unspecified atom stereocenters. The van der Waals surface area contributed by atoms with Crippen LogP contribution in [0, 0.1) is 13.8 Å². The number of primary amides is 1. The van der Waals surface area contributed by atoms with E-state index in [1.54, 1.807) is 42.7 Å². The van der Waals surface area contributed by atoms with E-state index in [1.807, 2.05) is 0 Å². The van der Waals surface area contributed by atoms with Crippen LogP contribution in [0.25, 0.3) is 10.2 Å². The Balaban J connectivity index is 1.69. The van der Waals surface area contributed by atoms with Gasteiger partial charge in [0.2, 0.25) is 0 Å². The second-order valence-corrected chi connectivity index (χ2v) is 7.43. The number of hydrogen-bond donors (Lipinski definition) is 1. The third kappa shape index (κ3) is 4.14. The van der Waals surface area contributed by atoms with Gasteiger partial charge in [0, 0.05) is 6.54 Å². The smallest absolute Gasteiger partial charge is 0.337 e. The van der Waals surface area contributed by atoms with Gasteiger partial charge in [0.1, 0.15) is 16.4 Å². The Kier molecular flexibility index (Phi) is 5.97. The van der Waals surface area contributed by atoms with Crippen molar-refractivity contribution in [2.24, 2.45) is 5.73 Å². The number of esters is 1. The molecule has 2 N–H and O–H groups in total. The van der Waals surface area contributed by atoms with Crippen molar-refractivity contribution in [1.82, 2.24) is 9.55 Å². The average molecular weight is 415 g/mol. The number of nitrogens with two attached hydrogens (primary N) is 1. The zero-order valence-corrected chi connectivity index (χ0v) is 17.2. The standard InChI is InChI=1S/C20H21N3O5S/c1-11-15-18(29-16(11)17(21)24)22-12(2)23(19(15)25)9-4-10-28-14-7-5-13(6-8-14)20(26)27-3/h5-8H,4,9-10H2,1-3H3,(H2,21,24). The van der Waals surface area contributed by atoms with E-state index in [-0.39, 0.29) is 5.56 Å². The second kappa shape index (κ2) is 8.44. The van der Waals surface area contributed by atoms with Crippen molar-refractivity contribution in [1.29, 1.82) is 0 Å². The fraction of sp³-hybridized carbons (Fsp3) is 0.300. The Hall–Kier alpha value is -3.20. The largest absolute Gasteiger partial charge is 0.494 e. The van der Waals surface area contributed by atoms with Crippen LogP contribution in [-0.4, -0.2) is 35.1 Å². The molecule has 0 aliphatic carbocycles. The lowest BCUT2D eigenvalue weighted by Crippen LogP contribution is -2.24. The molecular weight excluding hydrogens is 394 g/mol. The highest BCUT2D eigenvalue weighted by Crippen LogP contribution is 2.26. The van der Waals surface area contributed by atoms with Crippen molar-refractivity contribution in [2.45, 2.75) is 26.8 Å². The second-order valence-electron chi connectivity index (χ2n) is 6.43. The third-order valence-electron chi connectivity index (χ3n) is 4.54. The minimum Gasteiger partial charge on any atom is -0.494 e. The molecule has 9 heteroatoms. The fourth-order valence-corrected chi connectivity index (χ4v) is 4.10. The van der Waals surface area contributed by atoms with Gasteiger partial charge in [0.15, 0.2) is 0 Å². The Bertz CT molecular complexity index is 1130. The van der Waals surface area contributed by atoms with Crippen molar-refractivity contribution < 1.29 is 19.1 Å². The summed E-state index contributed by atoms with van der Waals surface area (Å²) in [7, 11) is 1.33. The van der Waals surface area contributed by atoms with Crippen LogP contribution in [0.3, 0.4) is 0 Å². The molecule has 1 aromatic carbocycles. The fourth-order valence-electron chi connectivity index (χ4n) is 3.03. The molecule has 0 spiro atoms. The summed E-state index contributed by atoms with van der Waals surface area (Å²) in [6, 6.07) is 6.64. The number of carbonyl (C=O) groups is 2. The van der Waals surface area contributed by atoms with Crippen molar-refractivity contribution >= 4 is 33.4 Å². The Morgan fingerprint density at radius 2 is 1.90 bits per heavy atom. The van der Waals surface area contributed by atoms with Crippen LogP contribution in [0.5, 0.6) is 5.75 Å². The third-order valence-corrected chi connectivity index (χ3v) is 5.74. The molecule has 1 amide bonds. The lowest BCUT2D eigenvalue weighted by atomic mass is 10.2. The van der Waals surface area contributed by atoms with Gasteiger partial charge in [-0.3, -0.25) is 14.2 Å². The Morgan fingerprint density at radius 1 is 1.21 bits per heavy atom. The van der Waals surface area contributed by atoms with E-state index in [0.29, 0.717) is 57.4 Å². The molecule has 0 atom stereocenters. The first kappa shape index (κ1) is 20.5. The van der Waals surface area contributed by atoms with E-state index >= 15 is 0 Å². The minimum atomic E-state index is -0.555. The zero-order chi connectivity index (χ0) is 21.1. The minimum absolute atomic E-state index is 0.184. The van der Waals surface area contributed by atoms with Crippen molar-refractivity contribution in [2.75, 3.05) is 13.7 Å². The number of methoxy groups -OCH3 is 1. The summed E-state index contributed by atoms with van der Waals surface area (Å²) in [5.41, 5.74) is 6.22. The number of rotatable bonds is 7. The number of carbonyl (C=O) groups excluding carboxylic acids is 2. The number of aryl methyl sites for hydroxylation is 2. The molecule has 0 radical (unpaired) electrons. The van der Waals surface area contributed by atoms with Gasteiger partial charge in [-0.2, -0.15) is 0 Å². The maximum absolute atomic E-state index is 12.9. The summed E-state index contributed by atoms with van der Waals surface area (Å²) in [6.45, 7) is 4.28. The molecule has 0 aliphatic rings. The zero-order valence-electron chi connectivity index (χ0n) is 16.4. The topological polar surface area (TPSA) is 114 Å². The number of aromatic nitrogens is 2. The maximum Gasteiger partial charge on any atom is 0.337 e. The van der Waals surface area contributed by atoms with Crippen LogP contribution in [-0.2, 0) is 11.3 Å². The lowest BCUT2D eigenvalue weighted by molar-refractivity contribution is 0.0600. The summed E-state index contributed by atoms with van der Waals surface area (Å²) in [5.74, 6) is 0.232. The summed E-state index contributed by atoms with van der Waals surface area (Å²) >= 11 is 1.14. The van der Waals surface area contributed by atoms with Gasteiger partial charge >= 0.3 is 5.97 Å². The Morgan fingerprint density at radius 3 is 2.52 bits per heavy atom. The van der Waals surface area contributed by atoms with E-state index in [4.69, 9.17) is 10.5 Å². The summed E-state index contributed by atoms with van der Waals surface area (Å²) < 4.78 is 11.9. The van der Waals surface area contributed by atoms with E-state index in [2.05, 4.69) is 9.72 Å². The highest BCUT2D eigenvalue weighted by atomic mass is 32.1. The van der Waals surface area contributed by atoms with E-state index in [0.717, 1.165) is 11.3 Å². The van der Waals surface area contributed by atoms with Gasteiger partial charge in [0.25, 0.3) is 11.5 Å². The Labute approximate surface area is 170 Å². The van der Waals surface area contributed by atoms with E-state index in [9.17, 15) is 14.4 Å². The number of benzene rings is 1. The van der Waals surface area contributed by atoms with Gasteiger partial charge in [-0.25, -0.2) is 9.78 Å². The van der Waals surface area contributed by atoms with Crippen LogP contribution < -0.4 is 16.0 Å². The van der Waals surface area contributed by atoms with Crippen molar-refractivity contribution in [3.63, 3.8) is 0 Å². The summed E-state index contributed by atoms with van der Waals surface area (Å²) in [6.07, 6.45) is 0.582. The van der Waals surface area contributed by atoms with Gasteiger partial charge in [-0.1, -0.05) is 0 Å². The quantitative estimate of drug-likeness (QED) is 0.468. The first-order valence-corrected chi connectivity index (χ1v) is 9.76. The molecule has 0 saturated heterocycles. The van der Waals surface area contributed by atoms with Crippen LogP contribution in [0.15, 0.2) is 29.1 Å². The van der Waals surface area contributed by atoms with Crippen LogP contribution in [0.4, 0.5) is 0 Å². The van der Waals surface area contributed by atoms with Gasteiger partial charge in [-0.15, -0.1) is 11.3 Å².